The van der Waals surface area contributed by atoms with Crippen molar-refractivity contribution < 1.29 is 11.0 Å². The van der Waals surface area contributed by atoms with Gasteiger partial charge >= 0.3 is 0 Å². The third-order valence-electron chi connectivity index (χ3n) is 4.01. The number of benzene rings is 2. The van der Waals surface area contributed by atoms with Crippen LogP contribution in [0.25, 0.3) is 32.8 Å². The molecule has 2 aromatic heterocycles. The minimum Gasteiger partial charge on any atom is -0.353 e. The predicted molar refractivity (Wildman–Crippen MR) is 79.4 cm³/mol. The van der Waals surface area contributed by atoms with Crippen LogP contribution in [0.3, 0.4) is 0 Å². The maximum atomic E-state index is 12.2. The van der Waals surface area contributed by atoms with E-state index in [0.29, 0.717) is 16.6 Å². The summed E-state index contributed by atoms with van der Waals surface area (Å²) >= 11 is 0. The normalized spacial score (nSPS) is 14.3. The number of aromatic nitrogens is 3. The van der Waals surface area contributed by atoms with Crippen LogP contribution in [0.1, 0.15) is 22.1 Å². The minimum absolute atomic E-state index is 0. The van der Waals surface area contributed by atoms with Gasteiger partial charge in [0.15, 0.2) is 0 Å². The van der Waals surface area contributed by atoms with Crippen molar-refractivity contribution in [1.29, 1.82) is 0 Å². The van der Waals surface area contributed by atoms with Crippen molar-refractivity contribution in [2.45, 2.75) is 0 Å². The maximum absolute atomic E-state index is 12.2. The molecule has 2 aromatic carbocycles. The van der Waals surface area contributed by atoms with Crippen LogP contribution in [-0.4, -0.2) is 26.8 Å². The second kappa shape index (κ2) is 3.29. The van der Waals surface area contributed by atoms with Crippen LogP contribution in [-0.2, 0) is 0 Å². The van der Waals surface area contributed by atoms with Crippen LogP contribution in [0.5, 0.6) is 0 Å². The zero-order valence-electron chi connectivity index (χ0n) is 10.7. The van der Waals surface area contributed by atoms with Gasteiger partial charge in [-0.25, -0.2) is 4.98 Å². The Morgan fingerprint density at radius 3 is 2.71 bits per heavy atom. The summed E-state index contributed by atoms with van der Waals surface area (Å²) in [6.45, 7) is 0. The number of hydrogen-bond acceptors (Lipinski definition) is 3. The molecular formula is C15H10N4O2. The molecule has 0 bridgehead atoms. The Morgan fingerprint density at radius 1 is 1.00 bits per heavy atom. The number of hydrogen-bond donors (Lipinski definition) is 3. The Hall–Kier alpha value is -3.15. The van der Waals surface area contributed by atoms with Crippen molar-refractivity contribution in [3.8, 4) is 0 Å². The molecule has 0 saturated heterocycles. The van der Waals surface area contributed by atoms with Crippen molar-refractivity contribution in [2.24, 2.45) is 0 Å². The number of carbonyl (C=O) groups is 2. The summed E-state index contributed by atoms with van der Waals surface area (Å²) in [4.78, 5) is 34.9. The molecule has 0 saturated carbocycles. The molecular weight excluding hydrogens is 268 g/mol. The Morgan fingerprint density at radius 2 is 1.81 bits per heavy atom. The largest absolute Gasteiger partial charge is 0.353 e. The number of para-hydroxylation sites is 1. The Labute approximate surface area is 118 Å². The first kappa shape index (κ1) is 10.6. The highest BCUT2D eigenvalue weighted by Crippen LogP contribution is 2.37. The van der Waals surface area contributed by atoms with Crippen molar-refractivity contribution in [1.82, 2.24) is 20.3 Å². The van der Waals surface area contributed by atoms with Gasteiger partial charge in [0, 0.05) is 17.7 Å². The average molecular weight is 278 g/mol. The molecule has 1 aliphatic rings. The summed E-state index contributed by atoms with van der Waals surface area (Å²) in [6, 6.07) is 7.71. The third kappa shape index (κ3) is 1.11. The zero-order chi connectivity index (χ0) is 14.1. The first-order chi connectivity index (χ1) is 10.3. The SMILES string of the molecule is O=C1NC(=O)c2c1c1nc[nH]c1c1[nH]c3ccccc3c21.[HH]. The number of imide groups is 1. The summed E-state index contributed by atoms with van der Waals surface area (Å²) < 4.78 is 0. The topological polar surface area (TPSA) is 90.6 Å². The van der Waals surface area contributed by atoms with E-state index in [0.717, 1.165) is 27.3 Å². The Balaban J connectivity index is 0.00000125. The van der Waals surface area contributed by atoms with Gasteiger partial charge in [-0.1, -0.05) is 18.2 Å². The molecule has 2 amide bonds. The molecule has 0 unspecified atom stereocenters. The van der Waals surface area contributed by atoms with Crippen molar-refractivity contribution >= 4 is 44.7 Å². The number of nitrogens with one attached hydrogen (secondary N) is 3. The summed E-state index contributed by atoms with van der Waals surface area (Å²) in [5.41, 5.74) is 3.74. The van der Waals surface area contributed by atoms with Gasteiger partial charge in [0.1, 0.15) is 5.52 Å². The van der Waals surface area contributed by atoms with E-state index in [1.165, 1.54) is 6.33 Å². The second-order valence-corrected chi connectivity index (χ2v) is 5.08. The number of fused-ring (bicyclic) bond motifs is 8. The van der Waals surface area contributed by atoms with E-state index in [9.17, 15) is 9.59 Å². The number of aromatic amines is 2. The number of amides is 2. The van der Waals surface area contributed by atoms with Crippen LogP contribution < -0.4 is 5.32 Å². The molecule has 3 N–H and O–H groups in total. The highest BCUT2D eigenvalue weighted by molar-refractivity contribution is 6.35. The second-order valence-electron chi connectivity index (χ2n) is 5.08. The van der Waals surface area contributed by atoms with Gasteiger partial charge in [0.05, 0.1) is 28.5 Å². The van der Waals surface area contributed by atoms with E-state index < -0.39 is 0 Å². The summed E-state index contributed by atoms with van der Waals surface area (Å²) in [7, 11) is 0. The lowest BCUT2D eigenvalue weighted by molar-refractivity contribution is 0.0880. The Kier molecular flexibility index (Phi) is 1.66. The maximum Gasteiger partial charge on any atom is 0.261 e. The van der Waals surface area contributed by atoms with Crippen LogP contribution in [0, 0.1) is 0 Å². The third-order valence-corrected chi connectivity index (χ3v) is 4.01. The lowest BCUT2D eigenvalue weighted by Crippen LogP contribution is -2.20. The quantitative estimate of drug-likeness (QED) is 0.431. The van der Waals surface area contributed by atoms with Gasteiger partial charge in [-0.05, 0) is 6.07 Å². The van der Waals surface area contributed by atoms with Crippen LogP contribution in [0.2, 0.25) is 0 Å². The number of nitrogens with zero attached hydrogens (tertiary/aromatic N) is 1. The predicted octanol–water partition coefficient (Wildman–Crippen LogP) is 2.33. The first-order valence-electron chi connectivity index (χ1n) is 6.51. The molecule has 0 fully saturated rings. The smallest absolute Gasteiger partial charge is 0.261 e. The highest BCUT2D eigenvalue weighted by atomic mass is 16.2. The number of H-pyrrole nitrogens is 2. The molecule has 0 spiro atoms. The summed E-state index contributed by atoms with van der Waals surface area (Å²) in [5.74, 6) is -0.756. The van der Waals surface area contributed by atoms with E-state index in [-0.39, 0.29) is 13.2 Å². The molecule has 6 nitrogen and oxygen atoms in total. The lowest BCUT2D eigenvalue weighted by atomic mass is 10.0. The molecule has 0 aliphatic carbocycles. The van der Waals surface area contributed by atoms with E-state index in [1.54, 1.807) is 0 Å². The molecule has 3 heterocycles. The van der Waals surface area contributed by atoms with E-state index in [4.69, 9.17) is 0 Å². The molecule has 6 heteroatoms. The van der Waals surface area contributed by atoms with Gasteiger partial charge in [-0.2, -0.15) is 0 Å². The number of rotatable bonds is 0. The fourth-order valence-corrected chi connectivity index (χ4v) is 3.18. The molecule has 0 radical (unpaired) electrons. The van der Waals surface area contributed by atoms with E-state index in [2.05, 4.69) is 20.3 Å². The lowest BCUT2D eigenvalue weighted by Gasteiger charge is -2.00. The summed E-state index contributed by atoms with van der Waals surface area (Å²) in [5, 5.41) is 4.05. The van der Waals surface area contributed by atoms with Crippen LogP contribution in [0.4, 0.5) is 0 Å². The molecule has 0 atom stereocenters. The van der Waals surface area contributed by atoms with E-state index in [1.807, 2.05) is 24.3 Å². The molecule has 21 heavy (non-hydrogen) atoms. The minimum atomic E-state index is -0.390. The standard InChI is InChI=1S/C15H8N4O2.H2/c20-14-9-8-6-3-1-2-4-7(6)18-12(8)13-11(16-5-17-13)10(9)15(21)19-14;/h1-5,18H,(H,16,17)(H,19,20,21);1H. The Bertz CT molecular complexity index is 1110. The molecule has 5 rings (SSSR count). The van der Waals surface area contributed by atoms with Crippen LogP contribution >= 0.6 is 0 Å². The van der Waals surface area contributed by atoms with Gasteiger partial charge in [-0.3, -0.25) is 14.9 Å². The van der Waals surface area contributed by atoms with Crippen molar-refractivity contribution in [3.05, 3.63) is 41.7 Å². The molecule has 102 valence electrons. The fraction of sp³-hybridized carbons (Fsp3) is 0. The van der Waals surface area contributed by atoms with Gasteiger partial charge < -0.3 is 9.97 Å². The molecule has 1 aliphatic heterocycles. The van der Waals surface area contributed by atoms with Gasteiger partial charge in [-0.15, -0.1) is 0 Å². The van der Waals surface area contributed by atoms with Crippen LogP contribution in [0.15, 0.2) is 30.6 Å². The average Bonchev–Trinajstić information content (AvgIpc) is 3.14. The van der Waals surface area contributed by atoms with Gasteiger partial charge in [0.2, 0.25) is 0 Å². The van der Waals surface area contributed by atoms with Crippen molar-refractivity contribution in [3.63, 3.8) is 0 Å². The first-order valence-corrected chi connectivity index (χ1v) is 6.51. The zero-order valence-corrected chi connectivity index (χ0v) is 10.7. The number of imidazole rings is 1. The summed E-state index contributed by atoms with van der Waals surface area (Å²) in [6.07, 6.45) is 1.53. The highest BCUT2D eigenvalue weighted by Gasteiger charge is 2.34. The van der Waals surface area contributed by atoms with Gasteiger partial charge in [0.25, 0.3) is 11.8 Å². The molecule has 4 aromatic rings. The van der Waals surface area contributed by atoms with E-state index >= 15 is 0 Å². The number of carbonyl (C=O) groups excluding carboxylic acids is 2. The van der Waals surface area contributed by atoms with Crippen molar-refractivity contribution in [2.75, 3.05) is 0 Å². The monoisotopic (exact) mass is 278 g/mol. The fourth-order valence-electron chi connectivity index (χ4n) is 3.18.